The minimum Gasteiger partial charge on any atom is -0.354 e. The van der Waals surface area contributed by atoms with Crippen molar-refractivity contribution in [2.45, 2.75) is 0 Å². The molecular formula is C15H9BrClNO. The van der Waals surface area contributed by atoms with Crippen LogP contribution in [0.3, 0.4) is 0 Å². The van der Waals surface area contributed by atoms with Crippen molar-refractivity contribution in [3.63, 3.8) is 0 Å². The van der Waals surface area contributed by atoms with E-state index in [9.17, 15) is 4.79 Å². The number of aromatic nitrogens is 1. The standard InChI is InChI=1S/C15H9BrClNO/c16-10-4-5-14-12(7-10)13(8-19)15(18-14)9-2-1-3-11(17)6-9/h1-8,18H. The van der Waals surface area contributed by atoms with Gasteiger partial charge in [0, 0.05) is 31.5 Å². The fourth-order valence-corrected chi connectivity index (χ4v) is 2.73. The maximum absolute atomic E-state index is 11.4. The zero-order valence-corrected chi connectivity index (χ0v) is 12.1. The van der Waals surface area contributed by atoms with Crippen LogP contribution in [0, 0.1) is 0 Å². The number of hydrogen-bond donors (Lipinski definition) is 1. The van der Waals surface area contributed by atoms with Gasteiger partial charge < -0.3 is 4.98 Å². The average Bonchev–Trinajstić information content (AvgIpc) is 2.76. The summed E-state index contributed by atoms with van der Waals surface area (Å²) in [7, 11) is 0. The molecule has 0 amide bonds. The lowest BCUT2D eigenvalue weighted by Gasteiger charge is -2.00. The van der Waals surface area contributed by atoms with Crippen LogP contribution in [0.5, 0.6) is 0 Å². The first-order valence-corrected chi connectivity index (χ1v) is 6.88. The number of aromatic amines is 1. The quantitative estimate of drug-likeness (QED) is 0.653. The highest BCUT2D eigenvalue weighted by atomic mass is 79.9. The molecule has 3 rings (SSSR count). The number of aldehydes is 1. The van der Waals surface area contributed by atoms with Crippen LogP contribution in [0.1, 0.15) is 10.4 Å². The number of carbonyl (C=O) groups excluding carboxylic acids is 1. The summed E-state index contributed by atoms with van der Waals surface area (Å²) in [6.45, 7) is 0. The SMILES string of the molecule is O=Cc1c(-c2cccc(Cl)c2)[nH]c2ccc(Br)cc12. The second kappa shape index (κ2) is 4.83. The summed E-state index contributed by atoms with van der Waals surface area (Å²) in [6.07, 6.45) is 0.876. The van der Waals surface area contributed by atoms with Crippen molar-refractivity contribution in [3.8, 4) is 11.3 Å². The highest BCUT2D eigenvalue weighted by Crippen LogP contribution is 2.31. The van der Waals surface area contributed by atoms with Crippen LogP contribution in [-0.2, 0) is 0 Å². The third-order valence-electron chi connectivity index (χ3n) is 3.03. The molecule has 1 N–H and O–H groups in total. The van der Waals surface area contributed by atoms with E-state index in [-0.39, 0.29) is 0 Å². The van der Waals surface area contributed by atoms with Crippen LogP contribution < -0.4 is 0 Å². The van der Waals surface area contributed by atoms with Gasteiger partial charge in [-0.25, -0.2) is 0 Å². The number of carbonyl (C=O) groups is 1. The van der Waals surface area contributed by atoms with E-state index in [1.807, 2.05) is 42.5 Å². The molecule has 2 nitrogen and oxygen atoms in total. The molecule has 0 saturated heterocycles. The monoisotopic (exact) mass is 333 g/mol. The fourth-order valence-electron chi connectivity index (χ4n) is 2.18. The predicted molar refractivity (Wildman–Crippen MR) is 81.8 cm³/mol. The van der Waals surface area contributed by atoms with E-state index in [0.29, 0.717) is 10.6 Å². The smallest absolute Gasteiger partial charge is 0.152 e. The Morgan fingerprint density at radius 1 is 1.16 bits per heavy atom. The number of nitrogens with one attached hydrogen (secondary N) is 1. The van der Waals surface area contributed by atoms with Crippen LogP contribution >= 0.6 is 27.5 Å². The van der Waals surface area contributed by atoms with Crippen LogP contribution in [-0.4, -0.2) is 11.3 Å². The highest BCUT2D eigenvalue weighted by Gasteiger charge is 2.12. The van der Waals surface area contributed by atoms with Crippen LogP contribution in [0.25, 0.3) is 22.2 Å². The van der Waals surface area contributed by atoms with Gasteiger partial charge in [0.05, 0.1) is 5.69 Å². The van der Waals surface area contributed by atoms with Gasteiger partial charge >= 0.3 is 0 Å². The van der Waals surface area contributed by atoms with Crippen LogP contribution in [0.15, 0.2) is 46.9 Å². The van der Waals surface area contributed by atoms with Gasteiger partial charge in [0.1, 0.15) is 0 Å². The van der Waals surface area contributed by atoms with Gasteiger partial charge in [-0.15, -0.1) is 0 Å². The summed E-state index contributed by atoms with van der Waals surface area (Å²) in [4.78, 5) is 14.7. The Hall–Kier alpha value is -1.58. The first-order chi connectivity index (χ1) is 9.19. The van der Waals surface area contributed by atoms with Crippen molar-refractivity contribution in [2.24, 2.45) is 0 Å². The minimum absolute atomic E-state index is 0.647. The van der Waals surface area contributed by atoms with Gasteiger partial charge in [0.2, 0.25) is 0 Å². The molecule has 1 heterocycles. The molecule has 0 spiro atoms. The number of hydrogen-bond acceptors (Lipinski definition) is 1. The van der Waals surface area contributed by atoms with Gasteiger partial charge in [-0.2, -0.15) is 0 Å². The molecule has 19 heavy (non-hydrogen) atoms. The first-order valence-electron chi connectivity index (χ1n) is 5.71. The van der Waals surface area contributed by atoms with E-state index >= 15 is 0 Å². The van der Waals surface area contributed by atoms with Crippen molar-refractivity contribution in [1.29, 1.82) is 0 Å². The number of fused-ring (bicyclic) bond motifs is 1. The lowest BCUT2D eigenvalue weighted by atomic mass is 10.1. The van der Waals surface area contributed by atoms with Gasteiger partial charge in [-0.3, -0.25) is 4.79 Å². The third kappa shape index (κ3) is 2.20. The zero-order chi connectivity index (χ0) is 13.4. The summed E-state index contributed by atoms with van der Waals surface area (Å²) in [5.41, 5.74) is 3.28. The second-order valence-corrected chi connectivity index (χ2v) is 5.58. The highest BCUT2D eigenvalue weighted by molar-refractivity contribution is 9.10. The molecule has 94 valence electrons. The molecule has 4 heteroatoms. The number of rotatable bonds is 2. The number of benzene rings is 2. The Balaban J connectivity index is 2.32. The Kier molecular flexibility index (Phi) is 3.17. The number of H-pyrrole nitrogens is 1. The largest absolute Gasteiger partial charge is 0.354 e. The Morgan fingerprint density at radius 2 is 2.00 bits per heavy atom. The maximum atomic E-state index is 11.4. The molecule has 0 bridgehead atoms. The molecule has 1 aromatic heterocycles. The molecule has 0 saturated carbocycles. The first kappa shape index (κ1) is 12.5. The van der Waals surface area contributed by atoms with Gasteiger partial charge in [0.25, 0.3) is 0 Å². The van der Waals surface area contributed by atoms with Crippen molar-refractivity contribution < 1.29 is 4.79 Å². The van der Waals surface area contributed by atoms with Gasteiger partial charge in [-0.05, 0) is 30.3 Å². The molecule has 0 radical (unpaired) electrons. The van der Waals surface area contributed by atoms with E-state index in [1.54, 1.807) is 0 Å². The maximum Gasteiger partial charge on any atom is 0.152 e. The van der Waals surface area contributed by atoms with Crippen LogP contribution in [0.4, 0.5) is 0 Å². The van der Waals surface area contributed by atoms with Crippen molar-refractivity contribution >= 4 is 44.7 Å². The van der Waals surface area contributed by atoms with E-state index in [0.717, 1.165) is 32.9 Å². The second-order valence-electron chi connectivity index (χ2n) is 4.23. The van der Waals surface area contributed by atoms with E-state index in [2.05, 4.69) is 20.9 Å². The normalized spacial score (nSPS) is 10.8. The lowest BCUT2D eigenvalue weighted by Crippen LogP contribution is -1.84. The molecule has 0 aliphatic heterocycles. The van der Waals surface area contributed by atoms with E-state index in [4.69, 9.17) is 11.6 Å². The molecule has 0 unspecified atom stereocenters. The summed E-state index contributed by atoms with van der Waals surface area (Å²) in [6, 6.07) is 13.3. The van der Waals surface area contributed by atoms with Crippen LogP contribution in [0.2, 0.25) is 5.02 Å². The summed E-state index contributed by atoms with van der Waals surface area (Å²) < 4.78 is 0.944. The molecule has 0 atom stereocenters. The molecular weight excluding hydrogens is 326 g/mol. The Morgan fingerprint density at radius 3 is 2.74 bits per heavy atom. The molecule has 3 aromatic rings. The summed E-state index contributed by atoms with van der Waals surface area (Å²) in [5.74, 6) is 0. The van der Waals surface area contributed by atoms with E-state index < -0.39 is 0 Å². The lowest BCUT2D eigenvalue weighted by molar-refractivity contribution is 0.112. The molecule has 0 aliphatic rings. The summed E-state index contributed by atoms with van der Waals surface area (Å²) in [5, 5.41) is 1.55. The molecule has 0 aliphatic carbocycles. The predicted octanol–water partition coefficient (Wildman–Crippen LogP) is 5.06. The average molecular weight is 335 g/mol. The molecule has 2 aromatic carbocycles. The number of halogens is 2. The van der Waals surface area contributed by atoms with Gasteiger partial charge in [0.15, 0.2) is 6.29 Å². The zero-order valence-electron chi connectivity index (χ0n) is 9.78. The minimum atomic E-state index is 0.647. The topological polar surface area (TPSA) is 32.9 Å². The van der Waals surface area contributed by atoms with Crippen molar-refractivity contribution in [1.82, 2.24) is 4.98 Å². The van der Waals surface area contributed by atoms with Gasteiger partial charge in [-0.1, -0.05) is 39.7 Å². The van der Waals surface area contributed by atoms with Crippen molar-refractivity contribution in [2.75, 3.05) is 0 Å². The Labute approximate surface area is 123 Å². The third-order valence-corrected chi connectivity index (χ3v) is 3.76. The fraction of sp³-hybridized carbons (Fsp3) is 0. The van der Waals surface area contributed by atoms with E-state index in [1.165, 1.54) is 0 Å². The summed E-state index contributed by atoms with van der Waals surface area (Å²) >= 11 is 9.43. The Bertz CT molecular complexity index is 779. The molecule has 0 fully saturated rings. The van der Waals surface area contributed by atoms with Crippen molar-refractivity contribution in [3.05, 3.63) is 57.5 Å².